The summed E-state index contributed by atoms with van der Waals surface area (Å²) in [7, 11) is 0. The van der Waals surface area contributed by atoms with E-state index in [0.29, 0.717) is 12.1 Å². The highest BCUT2D eigenvalue weighted by Gasteiger charge is 2.20. The second-order valence-corrected chi connectivity index (χ2v) is 5.44. The molecule has 0 unspecified atom stereocenters. The fourth-order valence-electron chi connectivity index (χ4n) is 2.50. The highest BCUT2D eigenvalue weighted by Crippen LogP contribution is 2.18. The van der Waals surface area contributed by atoms with E-state index < -0.39 is 0 Å². The highest BCUT2D eigenvalue weighted by molar-refractivity contribution is 5.94. The van der Waals surface area contributed by atoms with E-state index in [1.54, 1.807) is 24.3 Å². The number of rotatable bonds is 5. The van der Waals surface area contributed by atoms with Crippen LogP contribution in [0.25, 0.3) is 0 Å². The molecule has 2 rings (SSSR count). The van der Waals surface area contributed by atoms with Gasteiger partial charge >= 0.3 is 0 Å². The summed E-state index contributed by atoms with van der Waals surface area (Å²) in [5, 5.41) is 15.1. The van der Waals surface area contributed by atoms with Crippen molar-refractivity contribution in [1.82, 2.24) is 10.6 Å². The third-order valence-corrected chi connectivity index (χ3v) is 3.74. The van der Waals surface area contributed by atoms with Crippen molar-refractivity contribution in [3.63, 3.8) is 0 Å². The molecule has 1 aromatic rings. The third-order valence-electron chi connectivity index (χ3n) is 3.74. The number of benzene rings is 1. The second-order valence-electron chi connectivity index (χ2n) is 5.44. The first kappa shape index (κ1) is 15.5. The number of carbonyl (C=O) groups is 2. The number of hydrogen-bond donors (Lipinski definition) is 3. The van der Waals surface area contributed by atoms with Crippen molar-refractivity contribution in [1.29, 1.82) is 0 Å². The van der Waals surface area contributed by atoms with E-state index in [2.05, 4.69) is 10.6 Å². The lowest BCUT2D eigenvalue weighted by molar-refractivity contribution is -0.122. The molecular weight excluding hydrogens is 268 g/mol. The number of carbonyl (C=O) groups excluding carboxylic acids is 2. The minimum Gasteiger partial charge on any atom is -0.393 e. The van der Waals surface area contributed by atoms with Crippen molar-refractivity contribution in [2.45, 2.75) is 44.2 Å². The van der Waals surface area contributed by atoms with E-state index >= 15 is 0 Å². The molecule has 2 amide bonds. The molecule has 21 heavy (non-hydrogen) atoms. The lowest BCUT2D eigenvalue weighted by Crippen LogP contribution is -2.40. The molecule has 1 saturated carbocycles. The van der Waals surface area contributed by atoms with E-state index in [1.165, 1.54) is 0 Å². The topological polar surface area (TPSA) is 78.4 Å². The highest BCUT2D eigenvalue weighted by atomic mass is 16.3. The van der Waals surface area contributed by atoms with Crippen molar-refractivity contribution in [3.05, 3.63) is 35.9 Å². The largest absolute Gasteiger partial charge is 0.393 e. The second kappa shape index (κ2) is 7.78. The molecule has 1 fully saturated rings. The van der Waals surface area contributed by atoms with Crippen LogP contribution in [0, 0.1) is 0 Å². The minimum atomic E-state index is -0.219. The van der Waals surface area contributed by atoms with Crippen LogP contribution in [0.15, 0.2) is 30.3 Å². The minimum absolute atomic E-state index is 0.0512. The predicted octanol–water partition coefficient (Wildman–Crippen LogP) is 1.23. The maximum absolute atomic E-state index is 11.8. The first-order valence-corrected chi connectivity index (χ1v) is 7.46. The summed E-state index contributed by atoms with van der Waals surface area (Å²) in [6.45, 7) is 0.328. The van der Waals surface area contributed by atoms with E-state index in [-0.39, 0.29) is 30.4 Å². The Bertz CT molecular complexity index is 468. The summed E-state index contributed by atoms with van der Waals surface area (Å²) < 4.78 is 0. The van der Waals surface area contributed by atoms with Crippen molar-refractivity contribution < 1.29 is 14.7 Å². The SMILES string of the molecule is O=C(CCNC(=O)c1ccccc1)NC1CCC(O)CC1. The summed E-state index contributed by atoms with van der Waals surface area (Å²) >= 11 is 0. The van der Waals surface area contributed by atoms with Gasteiger partial charge in [0, 0.05) is 24.6 Å². The Labute approximate surface area is 124 Å². The Morgan fingerprint density at radius 3 is 2.43 bits per heavy atom. The molecule has 0 radical (unpaired) electrons. The number of aliphatic hydroxyl groups excluding tert-OH is 1. The zero-order chi connectivity index (χ0) is 15.1. The average molecular weight is 290 g/mol. The Balaban J connectivity index is 1.64. The van der Waals surface area contributed by atoms with E-state index in [1.807, 2.05) is 6.07 Å². The van der Waals surface area contributed by atoms with Gasteiger partial charge in [0.15, 0.2) is 0 Å². The average Bonchev–Trinajstić information content (AvgIpc) is 2.50. The Morgan fingerprint density at radius 1 is 1.10 bits per heavy atom. The molecule has 0 heterocycles. The molecule has 1 aliphatic rings. The van der Waals surface area contributed by atoms with Gasteiger partial charge in [-0.15, -0.1) is 0 Å². The van der Waals surface area contributed by atoms with Gasteiger partial charge in [-0.05, 0) is 37.8 Å². The van der Waals surface area contributed by atoms with Gasteiger partial charge in [0.1, 0.15) is 0 Å². The van der Waals surface area contributed by atoms with Crippen molar-refractivity contribution in [2.24, 2.45) is 0 Å². The Morgan fingerprint density at radius 2 is 1.76 bits per heavy atom. The van der Waals surface area contributed by atoms with Crippen LogP contribution in [-0.4, -0.2) is 35.6 Å². The molecule has 0 aromatic heterocycles. The Kier molecular flexibility index (Phi) is 5.75. The van der Waals surface area contributed by atoms with Gasteiger partial charge in [-0.1, -0.05) is 18.2 Å². The molecule has 0 spiro atoms. The molecule has 0 bridgehead atoms. The maximum atomic E-state index is 11.8. The van der Waals surface area contributed by atoms with Crippen LogP contribution < -0.4 is 10.6 Å². The lowest BCUT2D eigenvalue weighted by atomic mass is 9.93. The first-order valence-electron chi connectivity index (χ1n) is 7.46. The fourth-order valence-corrected chi connectivity index (χ4v) is 2.50. The van der Waals surface area contributed by atoms with Crippen LogP contribution in [0.1, 0.15) is 42.5 Å². The molecule has 5 heteroatoms. The molecular formula is C16H22N2O3. The number of amides is 2. The van der Waals surface area contributed by atoms with Gasteiger partial charge in [0.2, 0.25) is 5.91 Å². The van der Waals surface area contributed by atoms with Crippen LogP contribution in [0.5, 0.6) is 0 Å². The zero-order valence-electron chi connectivity index (χ0n) is 12.0. The summed E-state index contributed by atoms with van der Waals surface area (Å²) in [6, 6.07) is 9.10. The summed E-state index contributed by atoms with van der Waals surface area (Å²) in [6.07, 6.45) is 3.19. The summed E-state index contributed by atoms with van der Waals surface area (Å²) in [4.78, 5) is 23.6. The van der Waals surface area contributed by atoms with E-state index in [4.69, 9.17) is 0 Å². The standard InChI is InChI=1S/C16H22N2O3/c19-14-8-6-13(7-9-14)18-15(20)10-11-17-16(21)12-4-2-1-3-5-12/h1-5,13-14,19H,6-11H2,(H,17,21)(H,18,20). The molecule has 114 valence electrons. The monoisotopic (exact) mass is 290 g/mol. The molecule has 3 N–H and O–H groups in total. The van der Waals surface area contributed by atoms with Gasteiger partial charge < -0.3 is 15.7 Å². The molecule has 0 saturated heterocycles. The first-order chi connectivity index (χ1) is 10.1. The van der Waals surface area contributed by atoms with Crippen molar-refractivity contribution >= 4 is 11.8 Å². The number of aliphatic hydroxyl groups is 1. The number of nitrogens with one attached hydrogen (secondary N) is 2. The molecule has 0 aliphatic heterocycles. The molecule has 0 atom stereocenters. The van der Waals surface area contributed by atoms with Crippen LogP contribution in [0.4, 0.5) is 0 Å². The van der Waals surface area contributed by atoms with Gasteiger partial charge in [-0.2, -0.15) is 0 Å². The van der Waals surface area contributed by atoms with Crippen molar-refractivity contribution in [2.75, 3.05) is 6.54 Å². The number of hydrogen-bond acceptors (Lipinski definition) is 3. The van der Waals surface area contributed by atoms with Gasteiger partial charge in [0.05, 0.1) is 6.10 Å². The van der Waals surface area contributed by atoms with E-state index in [0.717, 1.165) is 25.7 Å². The summed E-state index contributed by atoms with van der Waals surface area (Å²) in [5.74, 6) is -0.214. The van der Waals surface area contributed by atoms with Crippen molar-refractivity contribution in [3.8, 4) is 0 Å². The normalized spacial score (nSPS) is 21.6. The van der Waals surface area contributed by atoms with E-state index in [9.17, 15) is 14.7 Å². The van der Waals surface area contributed by atoms with Gasteiger partial charge in [-0.3, -0.25) is 9.59 Å². The zero-order valence-corrected chi connectivity index (χ0v) is 12.0. The molecule has 1 aromatic carbocycles. The predicted molar refractivity (Wildman–Crippen MR) is 79.8 cm³/mol. The quantitative estimate of drug-likeness (QED) is 0.763. The third kappa shape index (κ3) is 5.19. The van der Waals surface area contributed by atoms with Gasteiger partial charge in [0.25, 0.3) is 5.91 Å². The molecule has 1 aliphatic carbocycles. The van der Waals surface area contributed by atoms with Crippen LogP contribution in [0.3, 0.4) is 0 Å². The van der Waals surface area contributed by atoms with Crippen LogP contribution in [-0.2, 0) is 4.79 Å². The Hall–Kier alpha value is -1.88. The fraction of sp³-hybridized carbons (Fsp3) is 0.500. The lowest BCUT2D eigenvalue weighted by Gasteiger charge is -2.26. The van der Waals surface area contributed by atoms with Gasteiger partial charge in [-0.25, -0.2) is 0 Å². The smallest absolute Gasteiger partial charge is 0.251 e. The summed E-state index contributed by atoms with van der Waals surface area (Å²) in [5.41, 5.74) is 0.596. The van der Waals surface area contributed by atoms with Crippen LogP contribution in [0.2, 0.25) is 0 Å². The molecule has 5 nitrogen and oxygen atoms in total. The van der Waals surface area contributed by atoms with Crippen LogP contribution >= 0.6 is 0 Å². The maximum Gasteiger partial charge on any atom is 0.251 e.